The summed E-state index contributed by atoms with van der Waals surface area (Å²) in [4.78, 5) is 16.9. The van der Waals surface area contributed by atoms with Gasteiger partial charge in [-0.15, -0.1) is 0 Å². The van der Waals surface area contributed by atoms with E-state index in [2.05, 4.69) is 15.0 Å². The van der Waals surface area contributed by atoms with Crippen LogP contribution in [0.5, 0.6) is 0 Å². The second-order valence-corrected chi connectivity index (χ2v) is 7.94. The van der Waals surface area contributed by atoms with Gasteiger partial charge in [0.1, 0.15) is 4.88 Å². The Morgan fingerprint density at radius 3 is 2.74 bits per heavy atom. The zero-order chi connectivity index (χ0) is 16.4. The number of aryl methyl sites for hydroxylation is 2. The van der Waals surface area contributed by atoms with E-state index in [-0.39, 0.29) is 15.9 Å². The number of rotatable bonds is 4. The van der Waals surface area contributed by atoms with Crippen LogP contribution in [0.4, 0.5) is 5.13 Å². The Morgan fingerprint density at radius 1 is 1.30 bits per heavy atom. The summed E-state index contributed by atoms with van der Waals surface area (Å²) in [5.74, 6) is -0.187. The van der Waals surface area contributed by atoms with E-state index in [1.165, 1.54) is 0 Å². The number of amides is 1. The zero-order valence-corrected chi connectivity index (χ0v) is 14.3. The van der Waals surface area contributed by atoms with E-state index in [0.717, 1.165) is 29.7 Å². The first kappa shape index (κ1) is 15.9. The Kier molecular flexibility index (Phi) is 4.36. The number of nitrogens with one attached hydrogen (secondary N) is 2. The molecule has 0 saturated heterocycles. The monoisotopic (exact) mass is 351 g/mol. The number of sulfonamides is 1. The van der Waals surface area contributed by atoms with Gasteiger partial charge in [0.05, 0.1) is 10.6 Å². The number of thiazole rings is 1. The fourth-order valence-corrected chi connectivity index (χ4v) is 4.52. The quantitative estimate of drug-likeness (QED) is 0.884. The summed E-state index contributed by atoms with van der Waals surface area (Å²) in [7, 11) is -3.70. The molecule has 0 spiro atoms. The highest BCUT2D eigenvalue weighted by Crippen LogP contribution is 2.27. The molecule has 1 amide bonds. The third kappa shape index (κ3) is 3.37. The molecule has 2 heterocycles. The van der Waals surface area contributed by atoms with Gasteiger partial charge in [-0.25, -0.2) is 13.4 Å². The van der Waals surface area contributed by atoms with Crippen LogP contribution < -0.4 is 10.0 Å². The molecule has 0 aliphatic carbocycles. The fourth-order valence-electron chi connectivity index (χ4n) is 2.36. The van der Waals surface area contributed by atoms with Gasteiger partial charge in [0.15, 0.2) is 5.13 Å². The van der Waals surface area contributed by atoms with Crippen LogP contribution in [0.15, 0.2) is 29.2 Å². The summed E-state index contributed by atoms with van der Waals surface area (Å²) in [6.07, 6.45) is 2.31. The lowest BCUT2D eigenvalue weighted by Crippen LogP contribution is -2.21. The standard InChI is InChI=1S/C15H17N3O3S2/c1-2-10-5-7-11(8-6-10)23(20,21)18-15-17-12-4-3-9-16-14(19)13(12)22-15/h5-8H,2-4,9H2,1H3,(H,16,19)(H,17,18). The molecule has 1 aliphatic heterocycles. The van der Waals surface area contributed by atoms with Crippen molar-refractivity contribution in [3.8, 4) is 0 Å². The third-order valence-electron chi connectivity index (χ3n) is 3.64. The average molecular weight is 351 g/mol. The van der Waals surface area contributed by atoms with E-state index in [0.29, 0.717) is 23.5 Å². The Hall–Kier alpha value is -1.93. The molecule has 0 bridgehead atoms. The molecule has 1 aromatic heterocycles. The van der Waals surface area contributed by atoms with Crippen LogP contribution in [0, 0.1) is 0 Å². The van der Waals surface area contributed by atoms with Crippen molar-refractivity contribution in [1.29, 1.82) is 0 Å². The number of fused-ring (bicyclic) bond motifs is 1. The van der Waals surface area contributed by atoms with Gasteiger partial charge in [0.2, 0.25) is 0 Å². The Balaban J connectivity index is 1.86. The van der Waals surface area contributed by atoms with Crippen molar-refractivity contribution in [3.05, 3.63) is 40.4 Å². The predicted molar refractivity (Wildman–Crippen MR) is 89.4 cm³/mol. The summed E-state index contributed by atoms with van der Waals surface area (Å²) in [6.45, 7) is 2.63. The minimum Gasteiger partial charge on any atom is -0.351 e. The molecule has 1 aromatic carbocycles. The van der Waals surface area contributed by atoms with Crippen molar-refractivity contribution in [3.63, 3.8) is 0 Å². The lowest BCUT2D eigenvalue weighted by molar-refractivity contribution is 0.0960. The van der Waals surface area contributed by atoms with Gasteiger partial charge in [0.25, 0.3) is 15.9 Å². The van der Waals surface area contributed by atoms with E-state index >= 15 is 0 Å². The van der Waals surface area contributed by atoms with Crippen LogP contribution in [-0.4, -0.2) is 25.9 Å². The molecule has 0 atom stereocenters. The maximum atomic E-state index is 12.4. The van der Waals surface area contributed by atoms with Crippen molar-refractivity contribution in [1.82, 2.24) is 10.3 Å². The number of nitrogens with zero attached hydrogens (tertiary/aromatic N) is 1. The summed E-state index contributed by atoms with van der Waals surface area (Å²) in [5, 5.41) is 3.00. The number of hydrogen-bond donors (Lipinski definition) is 2. The lowest BCUT2D eigenvalue weighted by atomic mass is 10.2. The van der Waals surface area contributed by atoms with E-state index in [9.17, 15) is 13.2 Å². The van der Waals surface area contributed by atoms with Crippen molar-refractivity contribution >= 4 is 32.4 Å². The predicted octanol–water partition coefficient (Wildman–Crippen LogP) is 2.18. The van der Waals surface area contributed by atoms with Crippen LogP contribution in [0.25, 0.3) is 0 Å². The molecule has 8 heteroatoms. The zero-order valence-electron chi connectivity index (χ0n) is 12.6. The first-order valence-electron chi connectivity index (χ1n) is 7.39. The van der Waals surface area contributed by atoms with Gasteiger partial charge in [-0.2, -0.15) is 0 Å². The third-order valence-corrected chi connectivity index (χ3v) is 6.14. The van der Waals surface area contributed by atoms with E-state index < -0.39 is 10.0 Å². The topological polar surface area (TPSA) is 88.2 Å². The number of carbonyl (C=O) groups excluding carboxylic acids is 1. The number of hydrogen-bond acceptors (Lipinski definition) is 5. The van der Waals surface area contributed by atoms with Gasteiger partial charge in [-0.1, -0.05) is 30.4 Å². The highest BCUT2D eigenvalue weighted by atomic mass is 32.2. The number of anilines is 1. The minimum atomic E-state index is -3.70. The van der Waals surface area contributed by atoms with E-state index in [1.54, 1.807) is 24.3 Å². The van der Waals surface area contributed by atoms with E-state index in [4.69, 9.17) is 0 Å². The summed E-state index contributed by atoms with van der Waals surface area (Å²) in [5.41, 5.74) is 1.73. The second-order valence-electron chi connectivity index (χ2n) is 5.26. The lowest BCUT2D eigenvalue weighted by Gasteiger charge is -2.06. The van der Waals surface area contributed by atoms with Crippen LogP contribution in [0.3, 0.4) is 0 Å². The molecule has 0 fully saturated rings. The van der Waals surface area contributed by atoms with Crippen molar-refractivity contribution < 1.29 is 13.2 Å². The summed E-state index contributed by atoms with van der Waals surface area (Å²) >= 11 is 1.07. The van der Waals surface area contributed by atoms with Gasteiger partial charge in [-0.3, -0.25) is 9.52 Å². The maximum Gasteiger partial charge on any atom is 0.263 e. The van der Waals surface area contributed by atoms with Crippen molar-refractivity contribution in [2.24, 2.45) is 0 Å². The highest BCUT2D eigenvalue weighted by Gasteiger charge is 2.23. The molecule has 6 nitrogen and oxygen atoms in total. The van der Waals surface area contributed by atoms with Crippen molar-refractivity contribution in [2.75, 3.05) is 11.3 Å². The normalized spacial score (nSPS) is 14.7. The molecular formula is C15H17N3O3S2. The van der Waals surface area contributed by atoms with Gasteiger partial charge in [-0.05, 0) is 37.0 Å². The van der Waals surface area contributed by atoms with Crippen LogP contribution in [0.1, 0.15) is 34.3 Å². The SMILES string of the molecule is CCc1ccc(S(=O)(=O)Nc2nc3c(s2)C(=O)NCCC3)cc1. The molecule has 0 saturated carbocycles. The molecule has 0 unspecified atom stereocenters. The van der Waals surface area contributed by atoms with Crippen LogP contribution in [0.2, 0.25) is 0 Å². The highest BCUT2D eigenvalue weighted by molar-refractivity contribution is 7.93. The molecule has 2 N–H and O–H groups in total. The molecule has 23 heavy (non-hydrogen) atoms. The summed E-state index contributed by atoms with van der Waals surface area (Å²) in [6, 6.07) is 6.73. The van der Waals surface area contributed by atoms with Gasteiger partial charge in [0, 0.05) is 6.54 Å². The molecule has 0 radical (unpaired) electrons. The number of benzene rings is 1. The average Bonchev–Trinajstić information content (AvgIpc) is 2.85. The molecule has 122 valence electrons. The van der Waals surface area contributed by atoms with Crippen LogP contribution in [-0.2, 0) is 22.9 Å². The fraction of sp³-hybridized carbons (Fsp3) is 0.333. The Bertz CT molecular complexity index is 826. The molecule has 1 aliphatic rings. The Labute approximate surface area is 139 Å². The van der Waals surface area contributed by atoms with Crippen LogP contribution >= 0.6 is 11.3 Å². The molecule has 2 aromatic rings. The van der Waals surface area contributed by atoms with Gasteiger partial charge < -0.3 is 5.32 Å². The van der Waals surface area contributed by atoms with Crippen molar-refractivity contribution in [2.45, 2.75) is 31.1 Å². The molecular weight excluding hydrogens is 334 g/mol. The second kappa shape index (κ2) is 6.29. The summed E-state index contributed by atoms with van der Waals surface area (Å²) < 4.78 is 27.3. The minimum absolute atomic E-state index is 0.185. The smallest absolute Gasteiger partial charge is 0.263 e. The molecule has 3 rings (SSSR count). The number of carbonyl (C=O) groups is 1. The first-order valence-corrected chi connectivity index (χ1v) is 9.69. The van der Waals surface area contributed by atoms with Gasteiger partial charge >= 0.3 is 0 Å². The first-order chi connectivity index (χ1) is 11.0. The number of aromatic nitrogens is 1. The Morgan fingerprint density at radius 2 is 2.04 bits per heavy atom. The maximum absolute atomic E-state index is 12.4. The largest absolute Gasteiger partial charge is 0.351 e. The van der Waals surface area contributed by atoms with E-state index in [1.807, 2.05) is 6.92 Å².